The number of esters is 1. The highest BCUT2D eigenvalue weighted by molar-refractivity contribution is 5.87. The van der Waals surface area contributed by atoms with Crippen molar-refractivity contribution in [2.24, 2.45) is 0 Å². The fraction of sp³-hybridized carbons (Fsp3) is 0.261. The Labute approximate surface area is 173 Å². The van der Waals surface area contributed by atoms with Gasteiger partial charge in [0, 0.05) is 23.9 Å². The van der Waals surface area contributed by atoms with E-state index in [9.17, 15) is 14.4 Å². The Morgan fingerprint density at radius 1 is 1.10 bits per heavy atom. The van der Waals surface area contributed by atoms with Gasteiger partial charge in [-0.25, -0.2) is 9.59 Å². The van der Waals surface area contributed by atoms with Crippen LogP contribution in [0.1, 0.15) is 18.1 Å². The van der Waals surface area contributed by atoms with Crippen molar-refractivity contribution in [3.05, 3.63) is 76.1 Å². The third kappa shape index (κ3) is 5.05. The molecule has 156 valence electrons. The SMILES string of the molecule is COC(=O)[C@@H](Cc1ccccc1)NC(=O)C(C)Oc1ccc2c(C)cc(=O)oc2c1. The molecule has 30 heavy (non-hydrogen) atoms. The predicted molar refractivity (Wildman–Crippen MR) is 111 cm³/mol. The summed E-state index contributed by atoms with van der Waals surface area (Å²) in [6.07, 6.45) is -0.589. The van der Waals surface area contributed by atoms with Crippen LogP contribution in [0.15, 0.2) is 63.8 Å². The van der Waals surface area contributed by atoms with Crippen LogP contribution in [0.2, 0.25) is 0 Å². The lowest BCUT2D eigenvalue weighted by atomic mass is 10.1. The molecule has 7 heteroatoms. The molecule has 0 radical (unpaired) electrons. The molecule has 7 nitrogen and oxygen atoms in total. The fourth-order valence-corrected chi connectivity index (χ4v) is 3.11. The molecule has 3 rings (SSSR count). The van der Waals surface area contributed by atoms with Gasteiger partial charge >= 0.3 is 11.6 Å². The number of methoxy groups -OCH3 is 1. The second kappa shape index (κ2) is 9.26. The summed E-state index contributed by atoms with van der Waals surface area (Å²) in [5, 5.41) is 3.46. The zero-order valence-corrected chi connectivity index (χ0v) is 17.0. The van der Waals surface area contributed by atoms with Crippen LogP contribution in [-0.4, -0.2) is 31.1 Å². The summed E-state index contributed by atoms with van der Waals surface area (Å²) in [6, 6.07) is 14.9. The van der Waals surface area contributed by atoms with Crippen molar-refractivity contribution in [2.45, 2.75) is 32.4 Å². The lowest BCUT2D eigenvalue weighted by Crippen LogP contribution is -2.47. The number of nitrogens with one attached hydrogen (secondary N) is 1. The summed E-state index contributed by atoms with van der Waals surface area (Å²) in [5.74, 6) is -0.633. The average molecular weight is 409 g/mol. The molecule has 0 saturated heterocycles. The highest BCUT2D eigenvalue weighted by atomic mass is 16.5. The van der Waals surface area contributed by atoms with Crippen LogP contribution in [-0.2, 0) is 20.7 Å². The van der Waals surface area contributed by atoms with E-state index in [1.54, 1.807) is 25.1 Å². The van der Waals surface area contributed by atoms with Gasteiger partial charge in [0.2, 0.25) is 0 Å². The Balaban J connectivity index is 1.71. The van der Waals surface area contributed by atoms with Crippen molar-refractivity contribution in [2.75, 3.05) is 7.11 Å². The van der Waals surface area contributed by atoms with Crippen LogP contribution in [0.25, 0.3) is 11.0 Å². The molecule has 0 fully saturated rings. The van der Waals surface area contributed by atoms with E-state index in [1.807, 2.05) is 37.3 Å². The van der Waals surface area contributed by atoms with E-state index in [4.69, 9.17) is 13.9 Å². The molecule has 1 N–H and O–H groups in total. The topological polar surface area (TPSA) is 94.8 Å². The Morgan fingerprint density at radius 2 is 1.83 bits per heavy atom. The molecule has 1 amide bonds. The molecule has 0 aliphatic rings. The quantitative estimate of drug-likeness (QED) is 0.476. The number of hydrogen-bond acceptors (Lipinski definition) is 6. The lowest BCUT2D eigenvalue weighted by Gasteiger charge is -2.20. The summed E-state index contributed by atoms with van der Waals surface area (Å²) in [5.41, 5.74) is 1.61. The molecule has 0 aliphatic heterocycles. The fourth-order valence-electron chi connectivity index (χ4n) is 3.11. The van der Waals surface area contributed by atoms with Gasteiger partial charge < -0.3 is 19.2 Å². The summed E-state index contributed by atoms with van der Waals surface area (Å²) < 4.78 is 15.7. The van der Waals surface area contributed by atoms with E-state index in [0.717, 1.165) is 16.5 Å². The van der Waals surface area contributed by atoms with E-state index in [0.29, 0.717) is 17.8 Å². The maximum Gasteiger partial charge on any atom is 0.336 e. The molecule has 3 aromatic rings. The van der Waals surface area contributed by atoms with Crippen molar-refractivity contribution < 1.29 is 23.5 Å². The third-order valence-corrected chi connectivity index (χ3v) is 4.69. The minimum atomic E-state index is -0.887. The number of benzene rings is 2. The van der Waals surface area contributed by atoms with Crippen molar-refractivity contribution in [1.29, 1.82) is 0 Å². The van der Waals surface area contributed by atoms with Gasteiger partial charge in [-0.05, 0) is 37.1 Å². The molecule has 1 heterocycles. The maximum atomic E-state index is 12.6. The average Bonchev–Trinajstić information content (AvgIpc) is 2.72. The first-order valence-electron chi connectivity index (χ1n) is 9.50. The van der Waals surface area contributed by atoms with Gasteiger partial charge in [0.05, 0.1) is 7.11 Å². The Kier molecular flexibility index (Phi) is 6.51. The van der Waals surface area contributed by atoms with Crippen LogP contribution in [0, 0.1) is 6.92 Å². The first-order chi connectivity index (χ1) is 14.4. The Bertz CT molecular complexity index is 1110. The number of carbonyl (C=O) groups excluding carboxylic acids is 2. The van der Waals surface area contributed by atoms with Crippen molar-refractivity contribution in [3.63, 3.8) is 0 Å². The molecular weight excluding hydrogens is 386 g/mol. The van der Waals surface area contributed by atoms with Crippen molar-refractivity contribution in [1.82, 2.24) is 5.32 Å². The summed E-state index contributed by atoms with van der Waals surface area (Å²) in [4.78, 5) is 36.3. The molecule has 2 aromatic carbocycles. The summed E-state index contributed by atoms with van der Waals surface area (Å²) in [6.45, 7) is 3.39. The smallest absolute Gasteiger partial charge is 0.336 e. The third-order valence-electron chi connectivity index (χ3n) is 4.69. The number of hydrogen-bond donors (Lipinski definition) is 1. The van der Waals surface area contributed by atoms with Crippen LogP contribution in [0.5, 0.6) is 5.75 Å². The summed E-state index contributed by atoms with van der Waals surface area (Å²) >= 11 is 0. The molecule has 0 aliphatic carbocycles. The number of rotatable bonds is 7. The van der Waals surface area contributed by atoms with Crippen LogP contribution >= 0.6 is 0 Å². The van der Waals surface area contributed by atoms with Crippen LogP contribution in [0.4, 0.5) is 0 Å². The summed E-state index contributed by atoms with van der Waals surface area (Å²) in [7, 11) is 1.28. The first-order valence-corrected chi connectivity index (χ1v) is 9.50. The van der Waals surface area contributed by atoms with Gasteiger partial charge in [0.25, 0.3) is 5.91 Å². The van der Waals surface area contributed by atoms with E-state index in [1.165, 1.54) is 13.2 Å². The predicted octanol–water partition coefficient (Wildman–Crippen LogP) is 2.77. The maximum absolute atomic E-state index is 12.6. The van der Waals surface area contributed by atoms with Crippen LogP contribution < -0.4 is 15.7 Å². The molecule has 2 atom stereocenters. The number of aryl methyl sites for hydroxylation is 1. The minimum Gasteiger partial charge on any atom is -0.481 e. The first kappa shape index (κ1) is 21.1. The number of ether oxygens (including phenoxy) is 2. The van der Waals surface area contributed by atoms with Crippen molar-refractivity contribution >= 4 is 22.8 Å². The van der Waals surface area contributed by atoms with Crippen LogP contribution in [0.3, 0.4) is 0 Å². The van der Waals surface area contributed by atoms with Crippen molar-refractivity contribution in [3.8, 4) is 5.75 Å². The molecule has 0 bridgehead atoms. The van der Waals surface area contributed by atoms with Gasteiger partial charge in [-0.1, -0.05) is 30.3 Å². The van der Waals surface area contributed by atoms with Gasteiger partial charge in [-0.2, -0.15) is 0 Å². The molecule has 0 saturated carbocycles. The molecular formula is C23H23NO6. The highest BCUT2D eigenvalue weighted by Crippen LogP contribution is 2.23. The highest BCUT2D eigenvalue weighted by Gasteiger charge is 2.25. The normalized spacial score (nSPS) is 12.8. The second-order valence-electron chi connectivity index (χ2n) is 6.94. The number of amides is 1. The standard InChI is InChI=1S/C23H23NO6/c1-14-11-21(25)30-20-13-17(9-10-18(14)20)29-15(2)22(26)24-19(23(27)28-3)12-16-7-5-4-6-8-16/h4-11,13,15,19H,12H2,1-3H3,(H,24,26)/t15?,19-/m1/s1. The van der Waals surface area contributed by atoms with Gasteiger partial charge in [0.1, 0.15) is 17.4 Å². The number of carbonyl (C=O) groups is 2. The zero-order valence-electron chi connectivity index (χ0n) is 17.0. The number of fused-ring (bicyclic) bond motifs is 1. The lowest BCUT2D eigenvalue weighted by molar-refractivity contribution is -0.145. The van der Waals surface area contributed by atoms with Gasteiger partial charge in [0.15, 0.2) is 6.10 Å². The molecule has 1 unspecified atom stereocenters. The zero-order chi connectivity index (χ0) is 21.7. The van der Waals surface area contributed by atoms with Gasteiger partial charge in [-0.15, -0.1) is 0 Å². The van der Waals surface area contributed by atoms with E-state index in [2.05, 4.69) is 5.32 Å². The van der Waals surface area contributed by atoms with E-state index < -0.39 is 29.6 Å². The monoisotopic (exact) mass is 409 g/mol. The minimum absolute atomic E-state index is 0.298. The van der Waals surface area contributed by atoms with E-state index in [-0.39, 0.29) is 0 Å². The van der Waals surface area contributed by atoms with E-state index >= 15 is 0 Å². The molecule has 0 spiro atoms. The Hall–Kier alpha value is -3.61. The largest absolute Gasteiger partial charge is 0.481 e. The van der Waals surface area contributed by atoms with Gasteiger partial charge in [-0.3, -0.25) is 4.79 Å². The second-order valence-corrected chi connectivity index (χ2v) is 6.94. The Morgan fingerprint density at radius 3 is 2.53 bits per heavy atom. The molecule has 1 aromatic heterocycles.